The van der Waals surface area contributed by atoms with Gasteiger partial charge in [-0.15, -0.1) is 0 Å². The van der Waals surface area contributed by atoms with Crippen LogP contribution in [0, 0.1) is 12.7 Å². The van der Waals surface area contributed by atoms with Gasteiger partial charge in [-0.05, 0) is 55.5 Å². The molecule has 2 rings (SSSR count). The van der Waals surface area contributed by atoms with Crippen LogP contribution >= 0.6 is 15.9 Å². The maximum absolute atomic E-state index is 13.2. The van der Waals surface area contributed by atoms with Crippen molar-refractivity contribution < 1.29 is 9.50 Å². The van der Waals surface area contributed by atoms with Crippen LogP contribution in [0.4, 0.5) is 4.39 Å². The molecule has 0 aliphatic heterocycles. The first-order valence-corrected chi connectivity index (χ1v) is 7.51. The fraction of sp³-hybridized carbons (Fsp3) is 0.294. The second kappa shape index (κ2) is 7.00. The van der Waals surface area contributed by atoms with Gasteiger partial charge in [0.05, 0.1) is 6.10 Å². The first kappa shape index (κ1) is 15.2. The molecule has 0 fully saturated rings. The highest BCUT2D eigenvalue weighted by Crippen LogP contribution is 2.20. The van der Waals surface area contributed by atoms with Crippen LogP contribution in [0.5, 0.6) is 0 Å². The number of aliphatic hydroxyl groups is 1. The molecule has 0 aliphatic carbocycles. The maximum atomic E-state index is 13.2. The molecule has 0 heterocycles. The molecule has 1 N–H and O–H groups in total. The van der Waals surface area contributed by atoms with E-state index in [1.165, 1.54) is 23.3 Å². The Morgan fingerprint density at radius 1 is 1.15 bits per heavy atom. The van der Waals surface area contributed by atoms with Crippen LogP contribution in [-0.2, 0) is 12.8 Å². The third-order valence-electron chi connectivity index (χ3n) is 3.35. The summed E-state index contributed by atoms with van der Waals surface area (Å²) in [4.78, 5) is 0. The van der Waals surface area contributed by atoms with E-state index in [9.17, 15) is 9.50 Å². The van der Waals surface area contributed by atoms with Crippen molar-refractivity contribution in [2.24, 2.45) is 0 Å². The van der Waals surface area contributed by atoms with Crippen molar-refractivity contribution in [3.05, 3.63) is 69.4 Å². The zero-order valence-electron chi connectivity index (χ0n) is 11.4. The summed E-state index contributed by atoms with van der Waals surface area (Å²) in [6.45, 7) is 2.06. The molecule has 3 heteroatoms. The lowest BCUT2D eigenvalue weighted by Crippen LogP contribution is -2.12. The Morgan fingerprint density at radius 3 is 2.55 bits per heavy atom. The minimum atomic E-state index is -0.464. The molecule has 2 aromatic carbocycles. The molecular formula is C17H18BrFO. The van der Waals surface area contributed by atoms with E-state index >= 15 is 0 Å². The smallest absolute Gasteiger partial charge is 0.123 e. The van der Waals surface area contributed by atoms with Crippen molar-refractivity contribution >= 4 is 15.9 Å². The molecule has 0 amide bonds. The second-order valence-corrected chi connectivity index (χ2v) is 5.97. The Balaban J connectivity index is 1.90. The van der Waals surface area contributed by atoms with Gasteiger partial charge in [-0.3, -0.25) is 0 Å². The average molecular weight is 337 g/mol. The first-order valence-electron chi connectivity index (χ1n) is 6.72. The summed E-state index contributed by atoms with van der Waals surface area (Å²) in [5.41, 5.74) is 3.26. The summed E-state index contributed by atoms with van der Waals surface area (Å²) in [6.07, 6.45) is 1.50. The number of aliphatic hydroxyl groups excluding tert-OH is 1. The standard InChI is InChI=1S/C17H18BrFO/c1-12-2-4-13(5-3-12)6-8-16(20)11-14-10-15(19)7-9-17(14)18/h2-5,7,9-10,16,20H,6,8,11H2,1H3. The Hall–Kier alpha value is -1.19. The van der Waals surface area contributed by atoms with Crippen molar-refractivity contribution in [2.75, 3.05) is 0 Å². The van der Waals surface area contributed by atoms with Crippen LogP contribution in [0.2, 0.25) is 0 Å². The predicted octanol–water partition coefficient (Wildman–Crippen LogP) is 4.43. The van der Waals surface area contributed by atoms with Crippen LogP contribution in [-0.4, -0.2) is 11.2 Å². The van der Waals surface area contributed by atoms with E-state index in [4.69, 9.17) is 0 Å². The van der Waals surface area contributed by atoms with Crippen molar-refractivity contribution in [2.45, 2.75) is 32.3 Å². The molecule has 20 heavy (non-hydrogen) atoms. The molecule has 106 valence electrons. The van der Waals surface area contributed by atoms with Gasteiger partial charge in [0, 0.05) is 4.47 Å². The van der Waals surface area contributed by atoms with Gasteiger partial charge in [-0.1, -0.05) is 45.8 Å². The van der Waals surface area contributed by atoms with E-state index in [0.29, 0.717) is 12.8 Å². The van der Waals surface area contributed by atoms with Crippen LogP contribution in [0.3, 0.4) is 0 Å². The highest BCUT2D eigenvalue weighted by atomic mass is 79.9. The largest absolute Gasteiger partial charge is 0.393 e. The molecular weight excluding hydrogens is 319 g/mol. The van der Waals surface area contributed by atoms with Gasteiger partial charge in [0.1, 0.15) is 5.82 Å². The Morgan fingerprint density at radius 2 is 1.85 bits per heavy atom. The molecule has 0 aliphatic rings. The van der Waals surface area contributed by atoms with Crippen LogP contribution in [0.15, 0.2) is 46.9 Å². The number of rotatable bonds is 5. The molecule has 1 unspecified atom stereocenters. The fourth-order valence-corrected chi connectivity index (χ4v) is 2.55. The van der Waals surface area contributed by atoms with E-state index in [-0.39, 0.29) is 5.82 Å². The Kier molecular flexibility index (Phi) is 5.32. The topological polar surface area (TPSA) is 20.2 Å². The van der Waals surface area contributed by atoms with E-state index in [1.807, 2.05) is 0 Å². The van der Waals surface area contributed by atoms with Crippen LogP contribution < -0.4 is 0 Å². The van der Waals surface area contributed by atoms with Gasteiger partial charge < -0.3 is 5.11 Å². The van der Waals surface area contributed by atoms with Gasteiger partial charge in [-0.2, -0.15) is 0 Å². The molecule has 0 bridgehead atoms. The second-order valence-electron chi connectivity index (χ2n) is 5.12. The molecule has 0 spiro atoms. The lowest BCUT2D eigenvalue weighted by molar-refractivity contribution is 0.165. The highest BCUT2D eigenvalue weighted by Gasteiger charge is 2.09. The summed E-state index contributed by atoms with van der Waals surface area (Å²) in [5, 5.41) is 10.1. The molecule has 1 atom stereocenters. The molecule has 0 radical (unpaired) electrons. The third-order valence-corrected chi connectivity index (χ3v) is 4.12. The summed E-state index contributed by atoms with van der Waals surface area (Å²) >= 11 is 3.39. The summed E-state index contributed by atoms with van der Waals surface area (Å²) in [5.74, 6) is -0.270. The average Bonchev–Trinajstić information content (AvgIpc) is 2.42. The number of hydrogen-bond acceptors (Lipinski definition) is 1. The van der Waals surface area contributed by atoms with Crippen LogP contribution in [0.1, 0.15) is 23.1 Å². The fourth-order valence-electron chi connectivity index (χ4n) is 2.14. The molecule has 0 saturated heterocycles. The molecule has 2 aromatic rings. The number of aryl methyl sites for hydroxylation is 2. The summed E-state index contributed by atoms with van der Waals surface area (Å²) in [7, 11) is 0. The predicted molar refractivity (Wildman–Crippen MR) is 83.3 cm³/mol. The van der Waals surface area contributed by atoms with Crippen molar-refractivity contribution in [1.82, 2.24) is 0 Å². The van der Waals surface area contributed by atoms with E-state index in [0.717, 1.165) is 16.5 Å². The van der Waals surface area contributed by atoms with E-state index < -0.39 is 6.10 Å². The lowest BCUT2D eigenvalue weighted by Gasteiger charge is -2.12. The zero-order valence-corrected chi connectivity index (χ0v) is 13.0. The molecule has 0 saturated carbocycles. The first-order chi connectivity index (χ1) is 9.54. The van der Waals surface area contributed by atoms with Gasteiger partial charge in [0.2, 0.25) is 0 Å². The minimum absolute atomic E-state index is 0.270. The Labute approximate surface area is 127 Å². The third kappa shape index (κ3) is 4.43. The lowest BCUT2D eigenvalue weighted by atomic mass is 10.0. The van der Waals surface area contributed by atoms with Crippen molar-refractivity contribution in [1.29, 1.82) is 0 Å². The van der Waals surface area contributed by atoms with Crippen LogP contribution in [0.25, 0.3) is 0 Å². The quantitative estimate of drug-likeness (QED) is 0.856. The van der Waals surface area contributed by atoms with E-state index in [2.05, 4.69) is 47.1 Å². The SMILES string of the molecule is Cc1ccc(CCC(O)Cc2cc(F)ccc2Br)cc1. The summed E-state index contributed by atoms with van der Waals surface area (Å²) < 4.78 is 14.0. The highest BCUT2D eigenvalue weighted by molar-refractivity contribution is 9.10. The molecule has 0 aromatic heterocycles. The monoisotopic (exact) mass is 336 g/mol. The van der Waals surface area contributed by atoms with Crippen molar-refractivity contribution in [3.63, 3.8) is 0 Å². The number of halogens is 2. The minimum Gasteiger partial charge on any atom is -0.393 e. The van der Waals surface area contributed by atoms with Gasteiger partial charge in [0.15, 0.2) is 0 Å². The maximum Gasteiger partial charge on any atom is 0.123 e. The van der Waals surface area contributed by atoms with Crippen molar-refractivity contribution in [3.8, 4) is 0 Å². The van der Waals surface area contributed by atoms with Gasteiger partial charge in [0.25, 0.3) is 0 Å². The number of benzene rings is 2. The number of hydrogen-bond donors (Lipinski definition) is 1. The van der Waals surface area contributed by atoms with Gasteiger partial charge in [-0.25, -0.2) is 4.39 Å². The normalized spacial score (nSPS) is 12.4. The Bertz CT molecular complexity index is 566. The molecule has 1 nitrogen and oxygen atoms in total. The van der Waals surface area contributed by atoms with Gasteiger partial charge >= 0.3 is 0 Å². The summed E-state index contributed by atoms with van der Waals surface area (Å²) in [6, 6.07) is 12.9. The zero-order chi connectivity index (χ0) is 14.5. The van der Waals surface area contributed by atoms with E-state index in [1.54, 1.807) is 6.07 Å².